The van der Waals surface area contributed by atoms with Crippen LogP contribution in [0.5, 0.6) is 0 Å². The number of carbonyl (C=O) groups is 1. The second kappa shape index (κ2) is 7.46. The quantitative estimate of drug-likeness (QED) is 0.871. The van der Waals surface area contributed by atoms with Crippen LogP contribution in [0, 0.1) is 19.8 Å². The Morgan fingerprint density at radius 2 is 1.80 bits per heavy atom. The van der Waals surface area contributed by atoms with Crippen LogP contribution in [0.25, 0.3) is 0 Å². The van der Waals surface area contributed by atoms with Crippen molar-refractivity contribution in [3.63, 3.8) is 0 Å². The number of sulfonamides is 1. The van der Waals surface area contributed by atoms with Gasteiger partial charge in [-0.15, -0.1) is 0 Å². The Balaban J connectivity index is 2.03. The fraction of sp³-hybridized carbons (Fsp3) is 0.632. The number of nitrogens with one attached hydrogen (secondary N) is 1. The number of aryl methyl sites for hydroxylation is 2. The SMILES string of the molecule is CCC(C)(C)NC(=O)C1CCN(S(=O)(=O)c2ccc(C)c(C)c2)CC1. The third-order valence-electron chi connectivity index (χ3n) is 5.29. The summed E-state index contributed by atoms with van der Waals surface area (Å²) >= 11 is 0. The number of hydrogen-bond donors (Lipinski definition) is 1. The van der Waals surface area contributed by atoms with E-state index in [0.717, 1.165) is 17.5 Å². The Hall–Kier alpha value is -1.40. The number of amides is 1. The maximum atomic E-state index is 12.8. The molecule has 0 bridgehead atoms. The molecule has 25 heavy (non-hydrogen) atoms. The van der Waals surface area contributed by atoms with Crippen LogP contribution in [0.15, 0.2) is 23.1 Å². The minimum atomic E-state index is -3.49. The maximum Gasteiger partial charge on any atom is 0.243 e. The van der Waals surface area contributed by atoms with Crippen molar-refractivity contribution in [1.82, 2.24) is 9.62 Å². The molecule has 0 spiro atoms. The van der Waals surface area contributed by atoms with Crippen molar-refractivity contribution in [2.24, 2.45) is 5.92 Å². The minimum absolute atomic E-state index is 0.0371. The molecule has 6 heteroatoms. The van der Waals surface area contributed by atoms with Crippen molar-refractivity contribution in [2.75, 3.05) is 13.1 Å². The molecule has 0 aromatic heterocycles. The number of hydrogen-bond acceptors (Lipinski definition) is 3. The van der Waals surface area contributed by atoms with E-state index < -0.39 is 10.0 Å². The summed E-state index contributed by atoms with van der Waals surface area (Å²) < 4.78 is 27.2. The highest BCUT2D eigenvalue weighted by Gasteiger charge is 2.33. The second-order valence-corrected chi connectivity index (χ2v) is 9.59. The van der Waals surface area contributed by atoms with Gasteiger partial charge in [-0.25, -0.2) is 8.42 Å². The van der Waals surface area contributed by atoms with Crippen LogP contribution < -0.4 is 5.32 Å². The van der Waals surface area contributed by atoms with E-state index >= 15 is 0 Å². The highest BCUT2D eigenvalue weighted by Crippen LogP contribution is 2.25. The molecule has 1 aromatic rings. The van der Waals surface area contributed by atoms with Gasteiger partial charge in [0, 0.05) is 24.5 Å². The predicted molar refractivity (Wildman–Crippen MR) is 99.9 cm³/mol. The van der Waals surface area contributed by atoms with Gasteiger partial charge in [0.1, 0.15) is 0 Å². The summed E-state index contributed by atoms with van der Waals surface area (Å²) in [4.78, 5) is 12.7. The van der Waals surface area contributed by atoms with Crippen molar-refractivity contribution in [1.29, 1.82) is 0 Å². The van der Waals surface area contributed by atoms with E-state index in [-0.39, 0.29) is 17.4 Å². The second-order valence-electron chi connectivity index (χ2n) is 7.65. The topological polar surface area (TPSA) is 66.5 Å². The van der Waals surface area contributed by atoms with Gasteiger partial charge in [-0.3, -0.25) is 4.79 Å². The minimum Gasteiger partial charge on any atom is -0.351 e. The van der Waals surface area contributed by atoms with E-state index in [0.29, 0.717) is 30.8 Å². The molecule has 140 valence electrons. The summed E-state index contributed by atoms with van der Waals surface area (Å²) in [5, 5.41) is 3.07. The molecule has 1 amide bonds. The van der Waals surface area contributed by atoms with Crippen molar-refractivity contribution in [2.45, 2.75) is 64.3 Å². The first-order valence-electron chi connectivity index (χ1n) is 8.96. The average molecular weight is 367 g/mol. The lowest BCUT2D eigenvalue weighted by Crippen LogP contribution is -2.48. The van der Waals surface area contributed by atoms with E-state index in [9.17, 15) is 13.2 Å². The normalized spacial score (nSPS) is 17.5. The molecule has 1 N–H and O–H groups in total. The molecule has 1 aliphatic heterocycles. The van der Waals surface area contributed by atoms with Gasteiger partial charge in [0.25, 0.3) is 0 Å². The molecule has 5 nitrogen and oxygen atoms in total. The van der Waals surface area contributed by atoms with Gasteiger partial charge >= 0.3 is 0 Å². The largest absolute Gasteiger partial charge is 0.351 e. The van der Waals surface area contributed by atoms with Crippen molar-refractivity contribution in [3.8, 4) is 0 Å². The summed E-state index contributed by atoms with van der Waals surface area (Å²) in [7, 11) is -3.49. The lowest BCUT2D eigenvalue weighted by molar-refractivity contribution is -0.127. The molecular weight excluding hydrogens is 336 g/mol. The molecule has 1 aromatic carbocycles. The lowest BCUT2D eigenvalue weighted by Gasteiger charge is -2.33. The van der Waals surface area contributed by atoms with Crippen molar-refractivity contribution >= 4 is 15.9 Å². The van der Waals surface area contributed by atoms with Crippen molar-refractivity contribution in [3.05, 3.63) is 29.3 Å². The average Bonchev–Trinajstić information content (AvgIpc) is 2.57. The third kappa shape index (κ3) is 4.61. The molecule has 0 unspecified atom stereocenters. The molecule has 0 atom stereocenters. The van der Waals surface area contributed by atoms with Crippen LogP contribution in [0.2, 0.25) is 0 Å². The van der Waals surface area contributed by atoms with Gasteiger partial charge < -0.3 is 5.32 Å². The van der Waals surface area contributed by atoms with Crippen LogP contribution in [0.4, 0.5) is 0 Å². The van der Waals surface area contributed by atoms with Gasteiger partial charge in [0.2, 0.25) is 15.9 Å². The van der Waals surface area contributed by atoms with Crippen LogP contribution in [-0.4, -0.2) is 37.3 Å². The molecule has 1 fully saturated rings. The summed E-state index contributed by atoms with van der Waals surface area (Å²) in [5.41, 5.74) is 1.82. The first-order valence-corrected chi connectivity index (χ1v) is 10.4. The number of piperidine rings is 1. The zero-order valence-corrected chi connectivity index (χ0v) is 16.7. The van der Waals surface area contributed by atoms with Crippen molar-refractivity contribution < 1.29 is 13.2 Å². The highest BCUT2D eigenvalue weighted by atomic mass is 32.2. The molecule has 2 rings (SSSR count). The number of benzene rings is 1. The van der Waals surface area contributed by atoms with Crippen LogP contribution in [-0.2, 0) is 14.8 Å². The summed E-state index contributed by atoms with van der Waals surface area (Å²) in [5.74, 6) is -0.0768. The van der Waals surface area contributed by atoms with Gasteiger partial charge in [-0.2, -0.15) is 4.31 Å². The maximum absolute atomic E-state index is 12.8. The lowest BCUT2D eigenvalue weighted by atomic mass is 9.94. The van der Waals surface area contributed by atoms with Crippen LogP contribution in [0.1, 0.15) is 51.2 Å². The fourth-order valence-electron chi connectivity index (χ4n) is 2.91. The van der Waals surface area contributed by atoms with E-state index in [1.165, 1.54) is 4.31 Å². The van der Waals surface area contributed by atoms with E-state index in [4.69, 9.17) is 0 Å². The number of nitrogens with zero attached hydrogens (tertiary/aromatic N) is 1. The van der Waals surface area contributed by atoms with Crippen LogP contribution >= 0.6 is 0 Å². The first-order chi connectivity index (χ1) is 11.6. The van der Waals surface area contributed by atoms with E-state index in [1.807, 2.05) is 40.7 Å². The summed E-state index contributed by atoms with van der Waals surface area (Å²) in [6, 6.07) is 5.24. The first kappa shape index (κ1) is 19.9. The monoisotopic (exact) mass is 366 g/mol. The predicted octanol–water partition coefficient (Wildman–Crippen LogP) is 3.01. The molecule has 0 aliphatic carbocycles. The van der Waals surface area contributed by atoms with E-state index in [1.54, 1.807) is 12.1 Å². The Bertz CT molecular complexity index is 733. The zero-order chi connectivity index (χ0) is 18.8. The zero-order valence-electron chi connectivity index (χ0n) is 15.9. The standard InChI is InChI=1S/C19H30N2O3S/c1-6-19(4,5)20-18(22)16-9-11-21(12-10-16)25(23,24)17-8-7-14(2)15(3)13-17/h7-8,13,16H,6,9-12H2,1-5H3,(H,20,22). The van der Waals surface area contributed by atoms with E-state index in [2.05, 4.69) is 5.32 Å². The Kier molecular flexibility index (Phi) is 5.94. The smallest absolute Gasteiger partial charge is 0.243 e. The fourth-order valence-corrected chi connectivity index (χ4v) is 4.46. The molecular formula is C19H30N2O3S. The summed E-state index contributed by atoms with van der Waals surface area (Å²) in [6.07, 6.45) is 1.99. The summed E-state index contributed by atoms with van der Waals surface area (Å²) in [6.45, 7) is 10.7. The van der Waals surface area contributed by atoms with Gasteiger partial charge in [-0.1, -0.05) is 13.0 Å². The highest BCUT2D eigenvalue weighted by molar-refractivity contribution is 7.89. The Morgan fingerprint density at radius 1 is 1.20 bits per heavy atom. The number of rotatable bonds is 5. The van der Waals surface area contributed by atoms with Gasteiger partial charge in [0.05, 0.1) is 4.90 Å². The number of carbonyl (C=O) groups excluding carboxylic acids is 1. The van der Waals surface area contributed by atoms with Gasteiger partial charge in [0.15, 0.2) is 0 Å². The molecule has 1 aliphatic rings. The molecule has 1 saturated heterocycles. The molecule has 1 heterocycles. The molecule has 0 radical (unpaired) electrons. The Morgan fingerprint density at radius 3 is 2.32 bits per heavy atom. The van der Waals surface area contributed by atoms with Gasteiger partial charge in [-0.05, 0) is 70.2 Å². The molecule has 0 saturated carbocycles. The third-order valence-corrected chi connectivity index (χ3v) is 7.18. The van der Waals surface area contributed by atoms with Crippen LogP contribution in [0.3, 0.4) is 0 Å². The Labute approximate surface area is 151 Å².